The van der Waals surface area contributed by atoms with E-state index in [1.54, 1.807) is 7.05 Å². The molecule has 1 amide bonds. The SMILES string of the molecule is CNc1ccc([N+](=O)[O-])cc1C(=O)NCCCS(C)(=O)=O. The first-order valence-electron chi connectivity index (χ1n) is 6.16. The van der Waals surface area contributed by atoms with Crippen LogP contribution >= 0.6 is 0 Å². The number of nitrogens with zero attached hydrogens (tertiary/aromatic N) is 1. The number of carbonyl (C=O) groups excluding carboxylic acids is 1. The molecule has 0 aliphatic heterocycles. The highest BCUT2D eigenvalue weighted by Gasteiger charge is 2.16. The molecular weight excluding hydrogens is 298 g/mol. The fraction of sp³-hybridized carbons (Fsp3) is 0.417. The summed E-state index contributed by atoms with van der Waals surface area (Å²) in [6, 6.07) is 3.92. The molecule has 21 heavy (non-hydrogen) atoms. The van der Waals surface area contributed by atoms with Crippen molar-refractivity contribution in [1.29, 1.82) is 0 Å². The molecule has 1 aromatic rings. The van der Waals surface area contributed by atoms with Gasteiger partial charge in [0, 0.05) is 37.7 Å². The highest BCUT2D eigenvalue weighted by Crippen LogP contribution is 2.21. The molecule has 0 aromatic heterocycles. The van der Waals surface area contributed by atoms with Gasteiger partial charge in [0.25, 0.3) is 11.6 Å². The zero-order valence-corrected chi connectivity index (χ0v) is 12.6. The number of hydrogen-bond acceptors (Lipinski definition) is 6. The van der Waals surface area contributed by atoms with Gasteiger partial charge in [0.1, 0.15) is 9.84 Å². The topological polar surface area (TPSA) is 118 Å². The summed E-state index contributed by atoms with van der Waals surface area (Å²) in [5.74, 6) is -0.516. The van der Waals surface area contributed by atoms with E-state index in [0.717, 1.165) is 6.26 Å². The Labute approximate surface area is 122 Å². The molecule has 0 saturated heterocycles. The van der Waals surface area contributed by atoms with Crippen LogP contribution in [0.4, 0.5) is 11.4 Å². The number of benzene rings is 1. The quantitative estimate of drug-likeness (QED) is 0.436. The maximum absolute atomic E-state index is 12.0. The van der Waals surface area contributed by atoms with Crippen molar-refractivity contribution in [2.75, 3.05) is 30.9 Å². The Morgan fingerprint density at radius 2 is 2.05 bits per heavy atom. The number of anilines is 1. The largest absolute Gasteiger partial charge is 0.387 e. The molecule has 8 nitrogen and oxygen atoms in total. The third-order valence-electron chi connectivity index (χ3n) is 2.71. The molecule has 0 heterocycles. The van der Waals surface area contributed by atoms with Gasteiger partial charge in [-0.15, -0.1) is 0 Å². The lowest BCUT2D eigenvalue weighted by Gasteiger charge is -2.09. The van der Waals surface area contributed by atoms with E-state index in [0.29, 0.717) is 5.69 Å². The maximum Gasteiger partial charge on any atom is 0.270 e. The van der Waals surface area contributed by atoms with Crippen molar-refractivity contribution in [2.24, 2.45) is 0 Å². The van der Waals surface area contributed by atoms with Gasteiger partial charge in [-0.05, 0) is 12.5 Å². The van der Waals surface area contributed by atoms with E-state index in [1.165, 1.54) is 18.2 Å². The molecule has 1 aromatic carbocycles. The Morgan fingerprint density at radius 1 is 1.38 bits per heavy atom. The second-order valence-electron chi connectivity index (χ2n) is 4.48. The first-order valence-corrected chi connectivity index (χ1v) is 8.23. The summed E-state index contributed by atoms with van der Waals surface area (Å²) >= 11 is 0. The van der Waals surface area contributed by atoms with Crippen molar-refractivity contribution in [3.8, 4) is 0 Å². The van der Waals surface area contributed by atoms with Crippen molar-refractivity contribution in [2.45, 2.75) is 6.42 Å². The van der Waals surface area contributed by atoms with E-state index in [1.807, 2.05) is 0 Å². The Balaban J connectivity index is 2.76. The van der Waals surface area contributed by atoms with Crippen LogP contribution in [0, 0.1) is 10.1 Å². The summed E-state index contributed by atoms with van der Waals surface area (Å²) < 4.78 is 21.9. The number of rotatable bonds is 7. The lowest BCUT2D eigenvalue weighted by Crippen LogP contribution is -2.26. The molecule has 0 saturated carbocycles. The Kier molecular flexibility index (Phi) is 5.65. The monoisotopic (exact) mass is 315 g/mol. The third kappa shape index (κ3) is 5.38. The van der Waals surface area contributed by atoms with Crippen molar-refractivity contribution in [3.63, 3.8) is 0 Å². The highest BCUT2D eigenvalue weighted by atomic mass is 32.2. The fourth-order valence-corrected chi connectivity index (χ4v) is 2.35. The van der Waals surface area contributed by atoms with Crippen LogP contribution in [0.25, 0.3) is 0 Å². The van der Waals surface area contributed by atoms with Crippen LogP contribution in [0.15, 0.2) is 18.2 Å². The first kappa shape index (κ1) is 16.9. The molecule has 0 aliphatic carbocycles. The van der Waals surface area contributed by atoms with Crippen LogP contribution in [0.5, 0.6) is 0 Å². The Hall–Kier alpha value is -2.16. The number of carbonyl (C=O) groups is 1. The molecule has 1 rings (SSSR count). The number of nitrogens with one attached hydrogen (secondary N) is 2. The van der Waals surface area contributed by atoms with Crippen LogP contribution in [0.2, 0.25) is 0 Å². The zero-order chi connectivity index (χ0) is 16.0. The lowest BCUT2D eigenvalue weighted by molar-refractivity contribution is -0.384. The van der Waals surface area contributed by atoms with Crippen molar-refractivity contribution in [1.82, 2.24) is 5.32 Å². The number of amides is 1. The number of nitro groups is 1. The summed E-state index contributed by atoms with van der Waals surface area (Å²) in [4.78, 5) is 22.1. The van der Waals surface area contributed by atoms with Gasteiger partial charge < -0.3 is 10.6 Å². The van der Waals surface area contributed by atoms with Crippen molar-refractivity contribution < 1.29 is 18.1 Å². The van der Waals surface area contributed by atoms with Gasteiger partial charge in [0.05, 0.1) is 16.2 Å². The predicted molar refractivity (Wildman–Crippen MR) is 79.3 cm³/mol. The average molecular weight is 315 g/mol. The van der Waals surface area contributed by atoms with Gasteiger partial charge in [-0.2, -0.15) is 0 Å². The molecule has 9 heteroatoms. The summed E-state index contributed by atoms with van der Waals surface area (Å²) in [6.07, 6.45) is 1.41. The van der Waals surface area contributed by atoms with Gasteiger partial charge in [0.2, 0.25) is 0 Å². The van der Waals surface area contributed by atoms with Crippen LogP contribution in [-0.2, 0) is 9.84 Å². The molecule has 0 atom stereocenters. The molecule has 116 valence electrons. The fourth-order valence-electron chi connectivity index (χ4n) is 1.68. The number of hydrogen-bond donors (Lipinski definition) is 2. The minimum atomic E-state index is -3.07. The lowest BCUT2D eigenvalue weighted by atomic mass is 10.1. The molecule has 0 spiro atoms. The normalized spacial score (nSPS) is 11.0. The molecule has 0 unspecified atom stereocenters. The number of sulfone groups is 1. The third-order valence-corrected chi connectivity index (χ3v) is 3.74. The second kappa shape index (κ2) is 7.02. The summed E-state index contributed by atoms with van der Waals surface area (Å²) in [7, 11) is -1.47. The van der Waals surface area contributed by atoms with Crippen LogP contribution in [0.3, 0.4) is 0 Å². The van der Waals surface area contributed by atoms with E-state index < -0.39 is 20.7 Å². The second-order valence-corrected chi connectivity index (χ2v) is 6.74. The van der Waals surface area contributed by atoms with Gasteiger partial charge in [0.15, 0.2) is 0 Å². The number of nitro benzene ring substituents is 1. The van der Waals surface area contributed by atoms with Gasteiger partial charge in [-0.25, -0.2) is 8.42 Å². The van der Waals surface area contributed by atoms with Gasteiger partial charge >= 0.3 is 0 Å². The summed E-state index contributed by atoms with van der Waals surface area (Å²) in [5, 5.41) is 16.1. The smallest absolute Gasteiger partial charge is 0.270 e. The Bertz CT molecular complexity index is 642. The van der Waals surface area contributed by atoms with Crippen molar-refractivity contribution in [3.05, 3.63) is 33.9 Å². The molecule has 0 radical (unpaired) electrons. The molecule has 0 bridgehead atoms. The van der Waals surface area contributed by atoms with E-state index in [-0.39, 0.29) is 30.0 Å². The average Bonchev–Trinajstić information content (AvgIpc) is 2.41. The van der Waals surface area contributed by atoms with Gasteiger partial charge in [-0.3, -0.25) is 14.9 Å². The molecule has 2 N–H and O–H groups in total. The Morgan fingerprint density at radius 3 is 2.57 bits per heavy atom. The molecule has 0 aliphatic rings. The minimum Gasteiger partial charge on any atom is -0.387 e. The van der Waals surface area contributed by atoms with Crippen LogP contribution in [0.1, 0.15) is 16.8 Å². The molecular formula is C12H17N3O5S. The standard InChI is InChI=1S/C12H17N3O5S/c1-13-11-5-4-9(15(17)18)8-10(11)12(16)14-6-3-7-21(2,19)20/h4-5,8,13H,3,6-7H2,1-2H3,(H,14,16). The first-order chi connectivity index (χ1) is 9.74. The van der Waals surface area contributed by atoms with E-state index >= 15 is 0 Å². The summed E-state index contributed by atoms with van der Waals surface area (Å²) in [5.41, 5.74) is 0.419. The van der Waals surface area contributed by atoms with Gasteiger partial charge in [-0.1, -0.05) is 0 Å². The predicted octanol–water partition coefficient (Wildman–Crippen LogP) is 0.801. The van der Waals surface area contributed by atoms with E-state index in [2.05, 4.69) is 10.6 Å². The molecule has 0 fully saturated rings. The van der Waals surface area contributed by atoms with Crippen LogP contribution < -0.4 is 10.6 Å². The summed E-state index contributed by atoms with van der Waals surface area (Å²) in [6.45, 7) is 0.178. The van der Waals surface area contributed by atoms with E-state index in [9.17, 15) is 23.3 Å². The van der Waals surface area contributed by atoms with E-state index in [4.69, 9.17) is 0 Å². The van der Waals surface area contributed by atoms with Crippen molar-refractivity contribution >= 4 is 27.1 Å². The highest BCUT2D eigenvalue weighted by molar-refractivity contribution is 7.90. The minimum absolute atomic E-state index is 0.0267. The zero-order valence-electron chi connectivity index (χ0n) is 11.8. The number of non-ortho nitro benzene ring substituents is 1. The maximum atomic E-state index is 12.0. The van der Waals surface area contributed by atoms with Crippen LogP contribution in [-0.4, -0.2) is 44.8 Å².